The molecule has 0 bridgehead atoms. The highest BCUT2D eigenvalue weighted by Crippen LogP contribution is 2.28. The summed E-state index contributed by atoms with van der Waals surface area (Å²) in [6, 6.07) is 3.24. The molecule has 1 aromatic rings. The summed E-state index contributed by atoms with van der Waals surface area (Å²) < 4.78 is 36.3. The molecule has 0 nitrogen and oxygen atoms in total. The summed E-state index contributed by atoms with van der Waals surface area (Å²) in [5.41, 5.74) is -1.21. The van der Waals surface area contributed by atoms with Gasteiger partial charge in [-0.1, -0.05) is 23.1 Å². The first-order chi connectivity index (χ1) is 5.41. The van der Waals surface area contributed by atoms with Crippen molar-refractivity contribution in [3.8, 4) is 0 Å². The lowest BCUT2D eigenvalue weighted by Crippen LogP contribution is -2.19. The van der Waals surface area contributed by atoms with E-state index in [1.807, 2.05) is 0 Å². The summed E-state index contributed by atoms with van der Waals surface area (Å²) in [7, 11) is 5.10. The maximum atomic E-state index is 12.1. The Morgan fingerprint density at radius 2 is 1.83 bits per heavy atom. The van der Waals surface area contributed by atoms with Gasteiger partial charge < -0.3 is 0 Å². The van der Waals surface area contributed by atoms with E-state index in [4.69, 9.17) is 19.4 Å². The molecule has 0 amide bonds. The highest BCUT2D eigenvalue weighted by molar-refractivity contribution is 6.35. The summed E-state index contributed by atoms with van der Waals surface area (Å²) >= 11 is 5.37. The van der Waals surface area contributed by atoms with Crippen LogP contribution < -0.4 is 5.46 Å². The molecule has 2 radical (unpaired) electrons. The first-order valence-electron chi connectivity index (χ1n) is 3.03. The molecule has 0 saturated carbocycles. The molecule has 5 heteroatoms. The number of hydrogen-bond acceptors (Lipinski definition) is 0. The van der Waals surface area contributed by atoms with Gasteiger partial charge in [0.05, 0.1) is 0 Å². The first-order valence-corrected chi connectivity index (χ1v) is 3.41. The Labute approximate surface area is 73.7 Å². The lowest BCUT2D eigenvalue weighted by atomic mass is 9.90. The number of rotatable bonds is 0. The molecule has 1 aromatic carbocycles. The summed E-state index contributed by atoms with van der Waals surface area (Å²) in [5, 5.41) is 0.0246. The number of alkyl halides is 3. The summed E-state index contributed by atoms with van der Waals surface area (Å²) in [4.78, 5) is 0. The second-order valence-electron chi connectivity index (χ2n) is 2.23. The minimum atomic E-state index is -4.44. The van der Waals surface area contributed by atoms with Gasteiger partial charge in [-0.2, -0.15) is 13.2 Å². The maximum Gasteiger partial charge on any atom is 0.415 e. The zero-order chi connectivity index (χ0) is 9.35. The molecule has 0 N–H and O–H groups in total. The Morgan fingerprint density at radius 1 is 1.25 bits per heavy atom. The van der Waals surface area contributed by atoms with E-state index in [1.165, 1.54) is 6.07 Å². The molecule has 0 aliphatic carbocycles. The SMILES string of the molecule is [B]c1ccc(Cl)cc1C(F)(F)F. The Balaban J connectivity index is 3.23. The molecule has 0 aliphatic rings. The van der Waals surface area contributed by atoms with Gasteiger partial charge in [-0.3, -0.25) is 0 Å². The minimum Gasteiger partial charge on any atom is -0.166 e. The molecular formula is C7H3BClF3. The third-order valence-electron chi connectivity index (χ3n) is 1.32. The van der Waals surface area contributed by atoms with Crippen LogP contribution in [0.3, 0.4) is 0 Å². The predicted octanol–water partition coefficient (Wildman–Crippen LogP) is 2.15. The van der Waals surface area contributed by atoms with Crippen molar-refractivity contribution >= 4 is 24.9 Å². The molecule has 0 aliphatic heterocycles. The largest absolute Gasteiger partial charge is 0.415 e. The maximum absolute atomic E-state index is 12.1. The van der Waals surface area contributed by atoms with Crippen LogP contribution in [-0.4, -0.2) is 7.85 Å². The van der Waals surface area contributed by atoms with Gasteiger partial charge in [0.15, 0.2) is 0 Å². The van der Waals surface area contributed by atoms with Crippen LogP contribution in [0, 0.1) is 0 Å². The van der Waals surface area contributed by atoms with E-state index in [-0.39, 0.29) is 10.5 Å². The molecule has 0 spiro atoms. The van der Waals surface area contributed by atoms with Crippen LogP contribution in [0.15, 0.2) is 18.2 Å². The molecular weight excluding hydrogens is 187 g/mol. The molecule has 62 valence electrons. The predicted molar refractivity (Wildman–Crippen MR) is 41.8 cm³/mol. The van der Waals surface area contributed by atoms with Crippen LogP contribution in [0.4, 0.5) is 13.2 Å². The molecule has 0 aromatic heterocycles. The van der Waals surface area contributed by atoms with Crippen LogP contribution in [0.5, 0.6) is 0 Å². The van der Waals surface area contributed by atoms with E-state index in [0.717, 1.165) is 12.1 Å². The van der Waals surface area contributed by atoms with Gasteiger partial charge in [-0.15, -0.1) is 0 Å². The normalized spacial score (nSPS) is 11.7. The monoisotopic (exact) mass is 190 g/mol. The van der Waals surface area contributed by atoms with Crippen molar-refractivity contribution in [3.63, 3.8) is 0 Å². The zero-order valence-corrected chi connectivity index (χ0v) is 6.58. The van der Waals surface area contributed by atoms with Crippen LogP contribution in [-0.2, 0) is 6.18 Å². The Morgan fingerprint density at radius 3 is 2.25 bits per heavy atom. The summed E-state index contributed by atoms with van der Waals surface area (Å²) in [5.74, 6) is 0. The van der Waals surface area contributed by atoms with Crippen molar-refractivity contribution in [3.05, 3.63) is 28.8 Å². The lowest BCUT2D eigenvalue weighted by molar-refractivity contribution is -0.136. The van der Waals surface area contributed by atoms with Gasteiger partial charge >= 0.3 is 6.18 Å². The van der Waals surface area contributed by atoms with Crippen molar-refractivity contribution in [2.75, 3.05) is 0 Å². The smallest absolute Gasteiger partial charge is 0.166 e. The van der Waals surface area contributed by atoms with Crippen LogP contribution in [0.1, 0.15) is 5.56 Å². The fourth-order valence-corrected chi connectivity index (χ4v) is 0.946. The molecule has 12 heavy (non-hydrogen) atoms. The van der Waals surface area contributed by atoms with Gasteiger partial charge in [-0.05, 0) is 12.1 Å². The standard InChI is InChI=1S/C7H3BClF3/c8-6-2-1-4(9)3-5(6)7(10,11)12/h1-3H. The molecule has 0 atom stereocenters. The Kier molecular flexibility index (Phi) is 2.37. The van der Waals surface area contributed by atoms with Crippen molar-refractivity contribution < 1.29 is 13.2 Å². The third kappa shape index (κ3) is 1.94. The van der Waals surface area contributed by atoms with Crippen molar-refractivity contribution in [1.29, 1.82) is 0 Å². The molecule has 0 fully saturated rings. The fourth-order valence-electron chi connectivity index (χ4n) is 0.774. The topological polar surface area (TPSA) is 0 Å². The average Bonchev–Trinajstić information content (AvgIpc) is 1.92. The van der Waals surface area contributed by atoms with Gasteiger partial charge in [0.1, 0.15) is 7.85 Å². The number of benzene rings is 1. The summed E-state index contributed by atoms with van der Waals surface area (Å²) in [6.07, 6.45) is -4.44. The van der Waals surface area contributed by atoms with E-state index in [9.17, 15) is 13.2 Å². The van der Waals surface area contributed by atoms with E-state index < -0.39 is 11.7 Å². The van der Waals surface area contributed by atoms with E-state index in [0.29, 0.717) is 0 Å². The van der Waals surface area contributed by atoms with E-state index in [2.05, 4.69) is 0 Å². The van der Waals surface area contributed by atoms with Crippen LogP contribution >= 0.6 is 11.6 Å². The zero-order valence-electron chi connectivity index (χ0n) is 5.82. The van der Waals surface area contributed by atoms with E-state index in [1.54, 1.807) is 0 Å². The third-order valence-corrected chi connectivity index (χ3v) is 1.56. The number of hydrogen-bond donors (Lipinski definition) is 0. The average molecular weight is 190 g/mol. The van der Waals surface area contributed by atoms with Crippen LogP contribution in [0.2, 0.25) is 5.02 Å². The Bertz CT molecular complexity index is 295. The summed E-state index contributed by atoms with van der Waals surface area (Å²) in [6.45, 7) is 0. The van der Waals surface area contributed by atoms with Gasteiger partial charge in [0.2, 0.25) is 0 Å². The molecule has 0 unspecified atom stereocenters. The van der Waals surface area contributed by atoms with E-state index >= 15 is 0 Å². The van der Waals surface area contributed by atoms with Crippen molar-refractivity contribution in [1.82, 2.24) is 0 Å². The fraction of sp³-hybridized carbons (Fsp3) is 0.143. The van der Waals surface area contributed by atoms with Gasteiger partial charge in [0, 0.05) is 10.6 Å². The molecule has 1 rings (SSSR count). The second kappa shape index (κ2) is 3.01. The van der Waals surface area contributed by atoms with Crippen molar-refractivity contribution in [2.45, 2.75) is 6.18 Å². The molecule has 0 saturated heterocycles. The molecule has 0 heterocycles. The highest BCUT2D eigenvalue weighted by Gasteiger charge is 2.31. The van der Waals surface area contributed by atoms with Crippen molar-refractivity contribution in [2.24, 2.45) is 0 Å². The minimum absolute atomic E-state index is 0.0246. The quantitative estimate of drug-likeness (QED) is 0.550. The Hall–Kier alpha value is -0.635. The first kappa shape index (κ1) is 9.45. The number of halogens is 4. The van der Waals surface area contributed by atoms with Gasteiger partial charge in [-0.25, -0.2) is 0 Å². The highest BCUT2D eigenvalue weighted by atomic mass is 35.5. The van der Waals surface area contributed by atoms with Crippen LogP contribution in [0.25, 0.3) is 0 Å². The lowest BCUT2D eigenvalue weighted by Gasteiger charge is -2.09. The second-order valence-corrected chi connectivity index (χ2v) is 2.67. The van der Waals surface area contributed by atoms with Gasteiger partial charge in [0.25, 0.3) is 0 Å².